The summed E-state index contributed by atoms with van der Waals surface area (Å²) in [6.45, 7) is 0. The van der Waals surface area contributed by atoms with Gasteiger partial charge in [0, 0.05) is 24.9 Å². The van der Waals surface area contributed by atoms with Crippen molar-refractivity contribution in [3.05, 3.63) is 30.1 Å². The molecule has 0 atom stereocenters. The lowest BCUT2D eigenvalue weighted by Crippen LogP contribution is -2.43. The predicted molar refractivity (Wildman–Crippen MR) is 70.7 cm³/mol. The number of nitrogens with zero attached hydrogens (tertiary/aromatic N) is 1. The predicted octanol–water partition coefficient (Wildman–Crippen LogP) is 2.83. The van der Waals surface area contributed by atoms with Crippen LogP contribution in [0.25, 0.3) is 0 Å². The Morgan fingerprint density at radius 2 is 2.12 bits per heavy atom. The van der Waals surface area contributed by atoms with Crippen molar-refractivity contribution in [3.63, 3.8) is 0 Å². The van der Waals surface area contributed by atoms with E-state index in [9.17, 15) is 0 Å². The maximum Gasteiger partial charge on any atom is 0.0858 e. The molecule has 0 aliphatic heterocycles. The lowest BCUT2D eigenvalue weighted by Gasteiger charge is -2.38. The van der Waals surface area contributed by atoms with Gasteiger partial charge in [-0.05, 0) is 24.5 Å². The molecule has 1 heterocycles. The Kier molecular flexibility index (Phi) is 3.54. The van der Waals surface area contributed by atoms with Crippen LogP contribution in [0.2, 0.25) is 0 Å². The zero-order valence-corrected chi connectivity index (χ0v) is 10.5. The average molecular weight is 234 g/mol. The maximum atomic E-state index is 5.53. The third-order valence-corrected chi connectivity index (χ3v) is 4.18. The monoisotopic (exact) mass is 234 g/mol. The molecule has 1 aliphatic carbocycles. The highest BCUT2D eigenvalue weighted by Gasteiger charge is 2.37. The van der Waals surface area contributed by atoms with Crippen molar-refractivity contribution in [3.8, 4) is 0 Å². The fraction of sp³-hybridized carbons (Fsp3) is 0.538. The van der Waals surface area contributed by atoms with E-state index in [2.05, 4.69) is 16.4 Å². The minimum Gasteiger partial charge on any atom is -0.382 e. The van der Waals surface area contributed by atoms with E-state index < -0.39 is 0 Å². The van der Waals surface area contributed by atoms with Crippen molar-refractivity contribution in [1.29, 1.82) is 0 Å². The van der Waals surface area contributed by atoms with Crippen molar-refractivity contribution in [1.82, 2.24) is 10.3 Å². The van der Waals surface area contributed by atoms with Gasteiger partial charge in [-0.25, -0.2) is 0 Å². The van der Waals surface area contributed by atoms with Gasteiger partial charge >= 0.3 is 0 Å². The summed E-state index contributed by atoms with van der Waals surface area (Å²) in [6.07, 6.45) is 9.94. The molecule has 0 amide bonds. The van der Waals surface area contributed by atoms with Crippen LogP contribution < -0.4 is 5.32 Å². The minimum atomic E-state index is 0.0383. The Morgan fingerprint density at radius 1 is 1.38 bits per heavy atom. The molecule has 1 aliphatic rings. The molecule has 86 valence electrons. The van der Waals surface area contributed by atoms with Crippen LogP contribution in [0.5, 0.6) is 0 Å². The molecule has 0 aromatic carbocycles. The first-order valence-electron chi connectivity index (χ1n) is 5.92. The van der Waals surface area contributed by atoms with Gasteiger partial charge < -0.3 is 5.32 Å². The van der Waals surface area contributed by atoms with Crippen LogP contribution in [0.3, 0.4) is 0 Å². The minimum absolute atomic E-state index is 0.0383. The summed E-state index contributed by atoms with van der Waals surface area (Å²) in [5.41, 5.74) is 1.31. The van der Waals surface area contributed by atoms with Gasteiger partial charge in [0.2, 0.25) is 0 Å². The van der Waals surface area contributed by atoms with E-state index in [0.717, 1.165) is 17.8 Å². The van der Waals surface area contributed by atoms with Crippen molar-refractivity contribution in [2.45, 2.75) is 37.5 Å². The van der Waals surface area contributed by atoms with Crippen molar-refractivity contribution in [2.75, 3.05) is 7.05 Å². The van der Waals surface area contributed by atoms with Gasteiger partial charge in [0.1, 0.15) is 0 Å². The number of likely N-dealkylation sites (N-methyl/N-ethyl adjacent to an activating group) is 1. The second-order valence-corrected chi connectivity index (χ2v) is 4.87. The molecular weight excluding hydrogens is 216 g/mol. The number of aromatic nitrogens is 1. The van der Waals surface area contributed by atoms with Crippen LogP contribution in [-0.2, 0) is 5.41 Å². The Balaban J connectivity index is 2.38. The summed E-state index contributed by atoms with van der Waals surface area (Å²) in [5.74, 6) is 0. The molecule has 1 aromatic heterocycles. The van der Waals surface area contributed by atoms with Gasteiger partial charge in [-0.15, -0.1) is 0 Å². The Morgan fingerprint density at radius 3 is 2.69 bits per heavy atom. The van der Waals surface area contributed by atoms with Crippen LogP contribution in [0, 0.1) is 0 Å². The van der Waals surface area contributed by atoms with Gasteiger partial charge in [0.05, 0.1) is 4.99 Å². The van der Waals surface area contributed by atoms with Crippen LogP contribution in [0.15, 0.2) is 24.5 Å². The van der Waals surface area contributed by atoms with Gasteiger partial charge in [-0.1, -0.05) is 37.5 Å². The topological polar surface area (TPSA) is 24.9 Å². The number of pyridine rings is 1. The molecule has 16 heavy (non-hydrogen) atoms. The Hall–Kier alpha value is -0.960. The van der Waals surface area contributed by atoms with Crippen LogP contribution in [0.1, 0.15) is 37.7 Å². The zero-order valence-electron chi connectivity index (χ0n) is 9.70. The number of nitrogens with one attached hydrogen (secondary N) is 1. The first-order valence-corrected chi connectivity index (χ1v) is 6.33. The molecule has 0 unspecified atom stereocenters. The van der Waals surface area contributed by atoms with E-state index in [4.69, 9.17) is 12.2 Å². The molecule has 0 bridgehead atoms. The normalized spacial score (nSPS) is 19.1. The Labute approximate surface area is 102 Å². The molecule has 3 heteroatoms. The zero-order chi connectivity index (χ0) is 11.4. The summed E-state index contributed by atoms with van der Waals surface area (Å²) < 4.78 is 0. The largest absolute Gasteiger partial charge is 0.382 e. The molecule has 0 spiro atoms. The summed E-state index contributed by atoms with van der Waals surface area (Å²) >= 11 is 5.53. The van der Waals surface area contributed by atoms with Gasteiger partial charge in [0.15, 0.2) is 0 Å². The van der Waals surface area contributed by atoms with E-state index in [1.54, 1.807) is 0 Å². The molecule has 1 aromatic rings. The van der Waals surface area contributed by atoms with Gasteiger partial charge in [-0.2, -0.15) is 0 Å². The molecule has 1 fully saturated rings. The average Bonchev–Trinajstić information content (AvgIpc) is 2.39. The van der Waals surface area contributed by atoms with E-state index in [1.165, 1.54) is 24.8 Å². The second kappa shape index (κ2) is 4.91. The standard InChI is InChI=1S/C13H18N2S/c1-14-12(16)13(7-3-2-4-8-13)11-6-5-9-15-10-11/h5-6,9-10H,2-4,7-8H2,1H3,(H,14,16). The fourth-order valence-corrected chi connectivity index (χ4v) is 3.01. The summed E-state index contributed by atoms with van der Waals surface area (Å²) in [7, 11) is 1.93. The molecule has 1 N–H and O–H groups in total. The lowest BCUT2D eigenvalue weighted by molar-refractivity contribution is 0.377. The van der Waals surface area contributed by atoms with Crippen molar-refractivity contribution in [2.24, 2.45) is 0 Å². The maximum absolute atomic E-state index is 5.53. The second-order valence-electron chi connectivity index (χ2n) is 4.46. The molecule has 1 saturated carbocycles. The van der Waals surface area contributed by atoms with Gasteiger partial charge in [0.25, 0.3) is 0 Å². The number of hydrogen-bond acceptors (Lipinski definition) is 2. The van der Waals surface area contributed by atoms with Crippen LogP contribution in [0.4, 0.5) is 0 Å². The molecule has 0 saturated heterocycles. The first kappa shape index (κ1) is 11.5. The molecule has 0 radical (unpaired) electrons. The number of thiocarbonyl (C=S) groups is 1. The molecule has 2 rings (SSSR count). The SMILES string of the molecule is CNC(=S)C1(c2cccnc2)CCCCC1. The van der Waals surface area contributed by atoms with Crippen LogP contribution in [-0.4, -0.2) is 17.0 Å². The number of rotatable bonds is 2. The first-order chi connectivity index (χ1) is 7.79. The fourth-order valence-electron chi connectivity index (χ4n) is 2.69. The van der Waals surface area contributed by atoms with E-state index in [-0.39, 0.29) is 5.41 Å². The van der Waals surface area contributed by atoms with Crippen LogP contribution >= 0.6 is 12.2 Å². The number of hydrogen-bond donors (Lipinski definition) is 1. The van der Waals surface area contributed by atoms with Crippen molar-refractivity contribution >= 4 is 17.2 Å². The highest BCUT2D eigenvalue weighted by Crippen LogP contribution is 2.39. The van der Waals surface area contributed by atoms with Crippen molar-refractivity contribution < 1.29 is 0 Å². The highest BCUT2D eigenvalue weighted by molar-refractivity contribution is 7.80. The van der Waals surface area contributed by atoms with E-state index in [0.29, 0.717) is 0 Å². The summed E-state index contributed by atoms with van der Waals surface area (Å²) in [4.78, 5) is 5.21. The van der Waals surface area contributed by atoms with E-state index in [1.807, 2.05) is 25.5 Å². The smallest absolute Gasteiger partial charge is 0.0858 e. The Bertz CT molecular complexity index is 355. The molecular formula is C13H18N2S. The summed E-state index contributed by atoms with van der Waals surface area (Å²) in [6, 6.07) is 4.16. The third-order valence-electron chi connectivity index (χ3n) is 3.58. The van der Waals surface area contributed by atoms with E-state index >= 15 is 0 Å². The quantitative estimate of drug-likeness (QED) is 0.797. The third kappa shape index (κ3) is 1.96. The summed E-state index contributed by atoms with van der Waals surface area (Å²) in [5, 5.41) is 3.18. The lowest BCUT2D eigenvalue weighted by atomic mass is 9.69. The van der Waals surface area contributed by atoms with Gasteiger partial charge in [-0.3, -0.25) is 4.98 Å². The highest BCUT2D eigenvalue weighted by atomic mass is 32.1. The molecule has 2 nitrogen and oxygen atoms in total.